The van der Waals surface area contributed by atoms with Crippen LogP contribution in [0.3, 0.4) is 0 Å². The van der Waals surface area contributed by atoms with E-state index < -0.39 is 0 Å². The second kappa shape index (κ2) is 7.02. The first-order valence-electron chi connectivity index (χ1n) is 7.35. The van der Waals surface area contributed by atoms with Crippen LogP contribution < -0.4 is 10.9 Å². The normalized spacial score (nSPS) is 12.0. The summed E-state index contributed by atoms with van der Waals surface area (Å²) in [5.41, 5.74) is 1.97. The van der Waals surface area contributed by atoms with Crippen molar-refractivity contribution in [2.24, 2.45) is 0 Å². The van der Waals surface area contributed by atoms with Gasteiger partial charge in [0.25, 0.3) is 5.56 Å². The number of nitrogens with zero attached hydrogens (tertiary/aromatic N) is 1. The van der Waals surface area contributed by atoms with Crippen molar-refractivity contribution < 1.29 is 4.79 Å². The molecule has 1 amide bonds. The predicted molar refractivity (Wildman–Crippen MR) is 85.9 cm³/mol. The van der Waals surface area contributed by atoms with Crippen LogP contribution in [0.1, 0.15) is 35.5 Å². The minimum atomic E-state index is -0.240. The number of carbonyl (C=O) groups excluding carboxylic acids is 1. The molecule has 0 bridgehead atoms. The fraction of sp³-hybridized carbons (Fsp3) is 0.353. The first-order valence-corrected chi connectivity index (χ1v) is 7.35. The number of aryl methyl sites for hydroxylation is 2. The molecule has 5 heteroatoms. The van der Waals surface area contributed by atoms with Gasteiger partial charge >= 0.3 is 0 Å². The summed E-state index contributed by atoms with van der Waals surface area (Å²) in [4.78, 5) is 30.8. The number of hydrogen-bond acceptors (Lipinski definition) is 3. The van der Waals surface area contributed by atoms with Crippen LogP contribution in [-0.2, 0) is 11.2 Å². The maximum atomic E-state index is 12.0. The molecule has 0 saturated carbocycles. The minimum absolute atomic E-state index is 0.0515. The van der Waals surface area contributed by atoms with Crippen molar-refractivity contribution in [2.75, 3.05) is 6.54 Å². The number of H-pyrrole nitrogens is 1. The highest BCUT2D eigenvalue weighted by molar-refractivity contribution is 5.78. The van der Waals surface area contributed by atoms with E-state index in [1.54, 1.807) is 13.8 Å². The highest BCUT2D eigenvalue weighted by atomic mass is 16.2. The summed E-state index contributed by atoms with van der Waals surface area (Å²) in [5, 5.41) is 2.88. The Morgan fingerprint density at radius 1 is 1.27 bits per heavy atom. The van der Waals surface area contributed by atoms with Crippen LogP contribution in [0, 0.1) is 13.8 Å². The van der Waals surface area contributed by atoms with Gasteiger partial charge in [0.05, 0.1) is 6.42 Å². The van der Waals surface area contributed by atoms with E-state index in [0.29, 0.717) is 23.6 Å². The number of aromatic amines is 1. The maximum absolute atomic E-state index is 12.0. The van der Waals surface area contributed by atoms with E-state index in [9.17, 15) is 9.59 Å². The van der Waals surface area contributed by atoms with E-state index in [1.165, 1.54) is 5.56 Å². The molecule has 1 aromatic heterocycles. The second-order valence-corrected chi connectivity index (χ2v) is 5.51. The van der Waals surface area contributed by atoms with Crippen LogP contribution in [-0.4, -0.2) is 22.4 Å². The zero-order valence-corrected chi connectivity index (χ0v) is 13.1. The Morgan fingerprint density at radius 2 is 1.95 bits per heavy atom. The Balaban J connectivity index is 1.95. The van der Waals surface area contributed by atoms with Crippen LogP contribution in [0.4, 0.5) is 0 Å². The minimum Gasteiger partial charge on any atom is -0.355 e. The van der Waals surface area contributed by atoms with Crippen molar-refractivity contribution in [3.8, 4) is 0 Å². The molecule has 1 atom stereocenters. The van der Waals surface area contributed by atoms with Gasteiger partial charge in [0, 0.05) is 17.8 Å². The van der Waals surface area contributed by atoms with Gasteiger partial charge in [-0.2, -0.15) is 0 Å². The summed E-state index contributed by atoms with van der Waals surface area (Å²) in [7, 11) is 0. The molecule has 2 rings (SSSR count). The number of hydrogen-bond donors (Lipinski definition) is 2. The van der Waals surface area contributed by atoms with E-state index >= 15 is 0 Å². The Morgan fingerprint density at radius 3 is 2.59 bits per heavy atom. The summed E-state index contributed by atoms with van der Waals surface area (Å²) >= 11 is 0. The fourth-order valence-electron chi connectivity index (χ4n) is 2.35. The number of nitrogens with one attached hydrogen (secondary N) is 2. The third-order valence-electron chi connectivity index (χ3n) is 3.65. The molecule has 2 aromatic rings. The third-order valence-corrected chi connectivity index (χ3v) is 3.65. The van der Waals surface area contributed by atoms with E-state index in [1.807, 2.05) is 30.3 Å². The zero-order valence-electron chi connectivity index (χ0n) is 13.1. The largest absolute Gasteiger partial charge is 0.355 e. The lowest BCUT2D eigenvalue weighted by Gasteiger charge is -2.13. The maximum Gasteiger partial charge on any atom is 0.254 e. The molecular formula is C17H21N3O2. The Bertz CT molecular complexity index is 708. The van der Waals surface area contributed by atoms with Crippen LogP contribution in [0.25, 0.3) is 0 Å². The molecule has 0 spiro atoms. The number of benzene rings is 1. The summed E-state index contributed by atoms with van der Waals surface area (Å²) in [6, 6.07) is 10.0. The number of amides is 1. The molecule has 5 nitrogen and oxygen atoms in total. The first kappa shape index (κ1) is 15.9. The highest BCUT2D eigenvalue weighted by Crippen LogP contribution is 2.13. The van der Waals surface area contributed by atoms with Gasteiger partial charge in [-0.3, -0.25) is 9.59 Å². The smallest absolute Gasteiger partial charge is 0.254 e. The molecule has 0 fully saturated rings. The van der Waals surface area contributed by atoms with Gasteiger partial charge in [0.2, 0.25) is 5.91 Å². The van der Waals surface area contributed by atoms with E-state index in [2.05, 4.69) is 22.2 Å². The molecule has 0 aliphatic carbocycles. The van der Waals surface area contributed by atoms with Crippen LogP contribution in [0.2, 0.25) is 0 Å². The molecule has 0 aliphatic heterocycles. The first-order chi connectivity index (χ1) is 10.5. The van der Waals surface area contributed by atoms with Crippen molar-refractivity contribution in [3.63, 3.8) is 0 Å². The second-order valence-electron chi connectivity index (χ2n) is 5.51. The van der Waals surface area contributed by atoms with E-state index in [0.717, 1.165) is 0 Å². The lowest BCUT2D eigenvalue weighted by atomic mass is 10.0. The molecule has 0 aliphatic rings. The zero-order chi connectivity index (χ0) is 16.1. The molecule has 0 saturated heterocycles. The van der Waals surface area contributed by atoms with Crippen molar-refractivity contribution in [2.45, 2.75) is 33.1 Å². The van der Waals surface area contributed by atoms with Gasteiger partial charge in [-0.25, -0.2) is 4.98 Å². The SMILES string of the molecule is Cc1nc(C)c(CC(=O)NCC(C)c2ccccc2)c(=O)[nH]1. The van der Waals surface area contributed by atoms with Gasteiger partial charge in [-0.1, -0.05) is 37.3 Å². The fourth-order valence-corrected chi connectivity index (χ4v) is 2.35. The Labute approximate surface area is 129 Å². The van der Waals surface area contributed by atoms with Crippen LogP contribution >= 0.6 is 0 Å². The molecule has 22 heavy (non-hydrogen) atoms. The molecule has 1 aromatic carbocycles. The van der Waals surface area contributed by atoms with Crippen LogP contribution in [0.5, 0.6) is 0 Å². The highest BCUT2D eigenvalue weighted by Gasteiger charge is 2.13. The van der Waals surface area contributed by atoms with Gasteiger partial charge in [-0.15, -0.1) is 0 Å². The molecule has 0 radical (unpaired) electrons. The number of rotatable bonds is 5. The van der Waals surface area contributed by atoms with E-state index in [4.69, 9.17) is 0 Å². The lowest BCUT2D eigenvalue weighted by molar-refractivity contribution is -0.120. The average Bonchev–Trinajstić information content (AvgIpc) is 2.49. The van der Waals surface area contributed by atoms with Crippen LogP contribution in [0.15, 0.2) is 35.1 Å². The summed E-state index contributed by atoms with van der Waals surface area (Å²) in [6.45, 7) is 6.07. The number of carbonyl (C=O) groups is 1. The van der Waals surface area contributed by atoms with Crippen molar-refractivity contribution in [3.05, 3.63) is 63.3 Å². The summed E-state index contributed by atoms with van der Waals surface area (Å²) in [6.07, 6.45) is 0.0515. The summed E-state index contributed by atoms with van der Waals surface area (Å²) < 4.78 is 0. The topological polar surface area (TPSA) is 74.8 Å². The Kier molecular flexibility index (Phi) is 5.09. The number of aromatic nitrogens is 2. The van der Waals surface area contributed by atoms with Crippen molar-refractivity contribution >= 4 is 5.91 Å². The third kappa shape index (κ3) is 4.04. The van der Waals surface area contributed by atoms with Gasteiger partial charge in [0.15, 0.2) is 0 Å². The monoisotopic (exact) mass is 299 g/mol. The lowest BCUT2D eigenvalue weighted by Crippen LogP contribution is -2.31. The molecule has 116 valence electrons. The average molecular weight is 299 g/mol. The summed E-state index contributed by atoms with van der Waals surface area (Å²) in [5.74, 6) is 0.618. The van der Waals surface area contributed by atoms with Crippen molar-refractivity contribution in [1.82, 2.24) is 15.3 Å². The molecule has 1 unspecified atom stereocenters. The van der Waals surface area contributed by atoms with Gasteiger partial charge < -0.3 is 10.3 Å². The van der Waals surface area contributed by atoms with Gasteiger partial charge in [0.1, 0.15) is 5.82 Å². The van der Waals surface area contributed by atoms with E-state index in [-0.39, 0.29) is 23.8 Å². The predicted octanol–water partition coefficient (Wildman–Crippen LogP) is 1.85. The molecular weight excluding hydrogens is 278 g/mol. The molecule has 2 N–H and O–H groups in total. The van der Waals surface area contributed by atoms with Gasteiger partial charge in [-0.05, 0) is 25.3 Å². The quantitative estimate of drug-likeness (QED) is 0.884. The standard InChI is InChI=1S/C17H21N3O2/c1-11(14-7-5-4-6-8-14)10-18-16(21)9-15-12(2)19-13(3)20-17(15)22/h4-8,11H,9-10H2,1-3H3,(H,18,21)(H,19,20,22). The van der Waals surface area contributed by atoms with Crippen molar-refractivity contribution in [1.29, 1.82) is 0 Å². The molecule has 1 heterocycles. The Hall–Kier alpha value is -2.43.